The maximum atomic E-state index is 12.7. The summed E-state index contributed by atoms with van der Waals surface area (Å²) in [4.78, 5) is 0. The summed E-state index contributed by atoms with van der Waals surface area (Å²) >= 11 is 0. The summed E-state index contributed by atoms with van der Waals surface area (Å²) < 4.78 is 38.2. The SMILES string of the molecule is C=CCCNC1(CN)CCCC(C(F)(F)F)C1. The Kier molecular flexibility index (Phi) is 5.01. The van der Waals surface area contributed by atoms with Crippen LogP contribution in [-0.2, 0) is 0 Å². The van der Waals surface area contributed by atoms with Crippen LogP contribution in [-0.4, -0.2) is 24.8 Å². The van der Waals surface area contributed by atoms with Crippen molar-refractivity contribution in [3.63, 3.8) is 0 Å². The van der Waals surface area contributed by atoms with Crippen LogP contribution in [0.25, 0.3) is 0 Å². The molecule has 100 valence electrons. The molecule has 0 aromatic carbocycles. The molecule has 1 aliphatic carbocycles. The quantitative estimate of drug-likeness (QED) is 0.581. The molecule has 17 heavy (non-hydrogen) atoms. The summed E-state index contributed by atoms with van der Waals surface area (Å²) in [5, 5.41) is 3.19. The lowest BCUT2D eigenvalue weighted by Crippen LogP contribution is -2.55. The van der Waals surface area contributed by atoms with Crippen LogP contribution in [0.2, 0.25) is 0 Å². The van der Waals surface area contributed by atoms with Crippen molar-refractivity contribution >= 4 is 0 Å². The van der Waals surface area contributed by atoms with Crippen molar-refractivity contribution in [1.29, 1.82) is 0 Å². The zero-order valence-electron chi connectivity index (χ0n) is 10.0. The number of alkyl halides is 3. The molecular formula is C12H21F3N2. The predicted molar refractivity (Wildman–Crippen MR) is 62.6 cm³/mol. The van der Waals surface area contributed by atoms with Crippen molar-refractivity contribution in [3.8, 4) is 0 Å². The van der Waals surface area contributed by atoms with Gasteiger partial charge in [0.1, 0.15) is 0 Å². The molecule has 1 rings (SSSR count). The molecule has 1 saturated carbocycles. The third-order valence-corrected chi connectivity index (χ3v) is 3.55. The molecule has 0 heterocycles. The largest absolute Gasteiger partial charge is 0.391 e. The molecule has 1 fully saturated rings. The lowest BCUT2D eigenvalue weighted by Gasteiger charge is -2.41. The van der Waals surface area contributed by atoms with Crippen molar-refractivity contribution < 1.29 is 13.2 Å². The van der Waals surface area contributed by atoms with Crippen LogP contribution < -0.4 is 11.1 Å². The Hall–Kier alpha value is -0.550. The van der Waals surface area contributed by atoms with Gasteiger partial charge >= 0.3 is 6.18 Å². The molecule has 0 aromatic heterocycles. The first kappa shape index (κ1) is 14.5. The molecule has 0 bridgehead atoms. The van der Waals surface area contributed by atoms with Gasteiger partial charge in [-0.1, -0.05) is 12.5 Å². The monoisotopic (exact) mass is 250 g/mol. The fourth-order valence-electron chi connectivity index (χ4n) is 2.50. The minimum Gasteiger partial charge on any atom is -0.329 e. The predicted octanol–water partition coefficient (Wildman–Crippen LogP) is 2.60. The molecule has 3 N–H and O–H groups in total. The minimum absolute atomic E-state index is 0.101. The van der Waals surface area contributed by atoms with Crippen molar-refractivity contribution in [2.45, 2.75) is 43.8 Å². The van der Waals surface area contributed by atoms with Gasteiger partial charge in [0.15, 0.2) is 0 Å². The molecule has 2 unspecified atom stereocenters. The topological polar surface area (TPSA) is 38.0 Å². The maximum Gasteiger partial charge on any atom is 0.391 e. The minimum atomic E-state index is -4.10. The third-order valence-electron chi connectivity index (χ3n) is 3.55. The summed E-state index contributed by atoms with van der Waals surface area (Å²) in [5.74, 6) is -1.21. The summed E-state index contributed by atoms with van der Waals surface area (Å²) in [7, 11) is 0. The Morgan fingerprint density at radius 2 is 2.18 bits per heavy atom. The van der Waals surface area contributed by atoms with Gasteiger partial charge in [0, 0.05) is 12.1 Å². The van der Waals surface area contributed by atoms with E-state index in [1.54, 1.807) is 6.08 Å². The van der Waals surface area contributed by atoms with E-state index in [9.17, 15) is 13.2 Å². The first-order valence-electron chi connectivity index (χ1n) is 6.06. The second kappa shape index (κ2) is 5.87. The van der Waals surface area contributed by atoms with E-state index in [0.717, 1.165) is 12.8 Å². The highest BCUT2D eigenvalue weighted by Gasteiger charge is 2.46. The van der Waals surface area contributed by atoms with Crippen molar-refractivity contribution in [2.75, 3.05) is 13.1 Å². The smallest absolute Gasteiger partial charge is 0.329 e. The standard InChI is InChI=1S/C12H21F3N2/c1-2-3-7-17-11(9-16)6-4-5-10(8-11)12(13,14)15/h2,10,17H,1,3-9,16H2. The molecule has 1 aliphatic rings. The molecule has 0 radical (unpaired) electrons. The number of rotatable bonds is 5. The van der Waals surface area contributed by atoms with Gasteiger partial charge in [-0.25, -0.2) is 0 Å². The summed E-state index contributed by atoms with van der Waals surface area (Å²) in [5.41, 5.74) is 5.13. The van der Waals surface area contributed by atoms with Crippen molar-refractivity contribution in [2.24, 2.45) is 11.7 Å². The number of halogens is 3. The molecule has 0 amide bonds. The van der Waals surface area contributed by atoms with E-state index in [1.807, 2.05) is 0 Å². The van der Waals surface area contributed by atoms with E-state index in [-0.39, 0.29) is 19.4 Å². The fraction of sp³-hybridized carbons (Fsp3) is 0.833. The normalized spacial score (nSPS) is 30.2. The van der Waals surface area contributed by atoms with Crippen LogP contribution in [0.3, 0.4) is 0 Å². The van der Waals surface area contributed by atoms with E-state index in [0.29, 0.717) is 13.0 Å². The van der Waals surface area contributed by atoms with Gasteiger partial charge in [0.25, 0.3) is 0 Å². The van der Waals surface area contributed by atoms with Crippen LogP contribution in [0.4, 0.5) is 13.2 Å². The average Bonchev–Trinajstić information content (AvgIpc) is 2.29. The Morgan fingerprint density at radius 1 is 1.47 bits per heavy atom. The van der Waals surface area contributed by atoms with E-state index in [2.05, 4.69) is 11.9 Å². The second-order valence-corrected chi connectivity index (χ2v) is 4.82. The highest BCUT2D eigenvalue weighted by Crippen LogP contribution is 2.41. The Morgan fingerprint density at radius 3 is 2.71 bits per heavy atom. The first-order chi connectivity index (χ1) is 7.93. The first-order valence-corrected chi connectivity index (χ1v) is 6.06. The molecule has 5 heteroatoms. The Labute approximate surface area is 100 Å². The molecule has 0 aliphatic heterocycles. The van der Waals surface area contributed by atoms with E-state index in [1.165, 1.54) is 0 Å². The molecule has 0 spiro atoms. The zero-order chi connectivity index (χ0) is 12.9. The zero-order valence-corrected chi connectivity index (χ0v) is 10.0. The van der Waals surface area contributed by atoms with E-state index >= 15 is 0 Å². The van der Waals surface area contributed by atoms with Crippen LogP contribution in [0.5, 0.6) is 0 Å². The van der Waals surface area contributed by atoms with Gasteiger partial charge in [-0.2, -0.15) is 13.2 Å². The Bertz CT molecular complexity index is 253. The highest BCUT2D eigenvalue weighted by molar-refractivity contribution is 4.96. The number of nitrogens with one attached hydrogen (secondary N) is 1. The van der Waals surface area contributed by atoms with Gasteiger partial charge in [-0.15, -0.1) is 6.58 Å². The van der Waals surface area contributed by atoms with Crippen molar-refractivity contribution in [3.05, 3.63) is 12.7 Å². The maximum absolute atomic E-state index is 12.7. The Balaban J connectivity index is 2.61. The average molecular weight is 250 g/mol. The molecular weight excluding hydrogens is 229 g/mol. The number of hydrogen-bond acceptors (Lipinski definition) is 2. The third kappa shape index (κ3) is 4.00. The van der Waals surface area contributed by atoms with Crippen LogP contribution in [0.1, 0.15) is 32.1 Å². The lowest BCUT2D eigenvalue weighted by atomic mass is 9.75. The lowest BCUT2D eigenvalue weighted by molar-refractivity contribution is -0.188. The molecule has 0 aromatic rings. The molecule has 2 atom stereocenters. The van der Waals surface area contributed by atoms with Gasteiger partial charge in [-0.05, 0) is 32.2 Å². The van der Waals surface area contributed by atoms with E-state index < -0.39 is 17.6 Å². The van der Waals surface area contributed by atoms with Crippen LogP contribution in [0, 0.1) is 5.92 Å². The van der Waals surface area contributed by atoms with Gasteiger partial charge in [-0.3, -0.25) is 0 Å². The molecule has 0 saturated heterocycles. The second-order valence-electron chi connectivity index (χ2n) is 4.82. The van der Waals surface area contributed by atoms with Crippen LogP contribution >= 0.6 is 0 Å². The summed E-state index contributed by atoms with van der Waals surface area (Å²) in [6.45, 7) is 4.50. The summed E-state index contributed by atoms with van der Waals surface area (Å²) in [6.07, 6.45) is 0.0505. The van der Waals surface area contributed by atoms with Gasteiger partial charge in [0.2, 0.25) is 0 Å². The summed E-state index contributed by atoms with van der Waals surface area (Å²) in [6, 6.07) is 0. The van der Waals surface area contributed by atoms with Crippen LogP contribution in [0.15, 0.2) is 12.7 Å². The van der Waals surface area contributed by atoms with Crippen molar-refractivity contribution in [1.82, 2.24) is 5.32 Å². The van der Waals surface area contributed by atoms with E-state index in [4.69, 9.17) is 5.73 Å². The van der Waals surface area contributed by atoms with Gasteiger partial charge in [0.05, 0.1) is 5.92 Å². The fourth-order valence-corrected chi connectivity index (χ4v) is 2.50. The number of nitrogens with two attached hydrogens (primary N) is 1. The molecule has 2 nitrogen and oxygen atoms in total. The number of hydrogen-bond donors (Lipinski definition) is 2. The highest BCUT2D eigenvalue weighted by atomic mass is 19.4. The van der Waals surface area contributed by atoms with Gasteiger partial charge < -0.3 is 11.1 Å².